The van der Waals surface area contributed by atoms with Crippen molar-refractivity contribution in [3.05, 3.63) is 53.3 Å². The third-order valence-corrected chi connectivity index (χ3v) is 4.79. The van der Waals surface area contributed by atoms with E-state index in [0.29, 0.717) is 17.6 Å². The molecule has 2 heterocycles. The Balaban J connectivity index is 1.63. The molecule has 0 aliphatic heterocycles. The molecule has 0 aliphatic carbocycles. The molecule has 0 radical (unpaired) electrons. The average Bonchev–Trinajstić information content (AvgIpc) is 3.14. The number of nitrogen functional groups attached to an aromatic ring is 1. The first-order chi connectivity index (χ1) is 12.5. The molecule has 0 saturated carbocycles. The Labute approximate surface area is 156 Å². The molecule has 2 N–H and O–H groups in total. The number of carbonyl (C=O) groups excluding carboxylic acids is 1. The van der Waals surface area contributed by atoms with Crippen molar-refractivity contribution in [1.82, 2.24) is 29.6 Å². The summed E-state index contributed by atoms with van der Waals surface area (Å²) in [7, 11) is 1.78. The maximum atomic E-state index is 12.4. The molecule has 2 aromatic heterocycles. The second kappa shape index (κ2) is 7.61. The second-order valence-electron chi connectivity index (χ2n) is 6.02. The lowest BCUT2D eigenvalue weighted by Gasteiger charge is -2.16. The van der Waals surface area contributed by atoms with Crippen molar-refractivity contribution < 1.29 is 4.79 Å². The largest absolute Gasteiger partial charge is 0.341 e. The van der Waals surface area contributed by atoms with E-state index in [1.165, 1.54) is 16.4 Å². The van der Waals surface area contributed by atoms with E-state index < -0.39 is 0 Å². The lowest BCUT2D eigenvalue weighted by atomic mass is 10.2. The molecular weight excluding hydrogens is 350 g/mol. The molecule has 0 aliphatic rings. The number of nitrogens with zero attached hydrogens (tertiary/aromatic N) is 6. The van der Waals surface area contributed by atoms with Crippen molar-refractivity contribution in [2.45, 2.75) is 25.5 Å². The van der Waals surface area contributed by atoms with E-state index in [1.807, 2.05) is 50.2 Å². The molecule has 0 atom stereocenters. The van der Waals surface area contributed by atoms with E-state index in [4.69, 9.17) is 5.84 Å². The van der Waals surface area contributed by atoms with Crippen molar-refractivity contribution >= 4 is 17.7 Å². The number of hydrogen-bond acceptors (Lipinski definition) is 6. The number of nitrogens with two attached hydrogens (primary N) is 1. The Kier molecular flexibility index (Phi) is 5.27. The van der Waals surface area contributed by atoms with E-state index in [1.54, 1.807) is 16.6 Å². The molecule has 0 fully saturated rings. The first kappa shape index (κ1) is 18.0. The van der Waals surface area contributed by atoms with Gasteiger partial charge < -0.3 is 10.7 Å². The maximum absolute atomic E-state index is 12.4. The Bertz CT molecular complexity index is 903. The van der Waals surface area contributed by atoms with Crippen molar-refractivity contribution in [1.29, 1.82) is 0 Å². The second-order valence-corrected chi connectivity index (χ2v) is 6.96. The van der Waals surface area contributed by atoms with Crippen LogP contribution in [0.15, 0.2) is 41.6 Å². The van der Waals surface area contributed by atoms with Crippen LogP contribution in [0.25, 0.3) is 5.95 Å². The number of thioether (sulfide) groups is 1. The fourth-order valence-corrected chi connectivity index (χ4v) is 3.32. The number of amides is 1. The molecule has 0 spiro atoms. The highest BCUT2D eigenvalue weighted by molar-refractivity contribution is 7.99. The molecule has 0 bridgehead atoms. The number of hydrogen-bond donors (Lipinski definition) is 1. The number of carbonyl (C=O) groups is 1. The van der Waals surface area contributed by atoms with Gasteiger partial charge in [0, 0.05) is 19.3 Å². The van der Waals surface area contributed by atoms with Crippen LogP contribution in [-0.4, -0.2) is 48.3 Å². The van der Waals surface area contributed by atoms with Gasteiger partial charge in [-0.25, -0.2) is 9.36 Å². The van der Waals surface area contributed by atoms with Crippen LogP contribution in [-0.2, 0) is 11.3 Å². The Hall–Kier alpha value is -2.81. The van der Waals surface area contributed by atoms with Crippen LogP contribution in [0.3, 0.4) is 0 Å². The summed E-state index contributed by atoms with van der Waals surface area (Å²) in [5, 5.41) is 13.0. The van der Waals surface area contributed by atoms with E-state index in [0.717, 1.165) is 17.0 Å². The minimum absolute atomic E-state index is 0.00508. The number of rotatable bonds is 6. The predicted octanol–water partition coefficient (Wildman–Crippen LogP) is 1.55. The summed E-state index contributed by atoms with van der Waals surface area (Å²) in [6.07, 6.45) is 0. The summed E-state index contributed by atoms with van der Waals surface area (Å²) in [5.74, 6) is 6.73. The monoisotopic (exact) mass is 371 g/mol. The molecule has 0 unspecified atom stereocenters. The standard InChI is InChI=1S/C17H21N7OS/c1-12-9-13(2)24(21-12)16-19-20-17(23(16)18)26-11-15(25)22(3)10-14-7-5-4-6-8-14/h4-9H,10-11,18H2,1-3H3. The highest BCUT2D eigenvalue weighted by Gasteiger charge is 2.17. The molecule has 3 aromatic rings. The Morgan fingerprint density at radius 2 is 1.96 bits per heavy atom. The Morgan fingerprint density at radius 1 is 1.23 bits per heavy atom. The summed E-state index contributed by atoms with van der Waals surface area (Å²) in [5.41, 5.74) is 2.87. The topological polar surface area (TPSA) is 94.9 Å². The zero-order chi connectivity index (χ0) is 18.7. The van der Waals surface area contributed by atoms with Crippen LogP contribution in [0, 0.1) is 13.8 Å². The van der Waals surface area contributed by atoms with Crippen molar-refractivity contribution in [3.63, 3.8) is 0 Å². The normalized spacial score (nSPS) is 10.9. The third kappa shape index (κ3) is 3.88. The SMILES string of the molecule is Cc1cc(C)n(-c2nnc(SCC(=O)N(C)Cc3ccccc3)n2N)n1. The van der Waals surface area contributed by atoms with Crippen molar-refractivity contribution in [2.75, 3.05) is 18.6 Å². The lowest BCUT2D eigenvalue weighted by Crippen LogP contribution is -2.28. The van der Waals surface area contributed by atoms with Crippen molar-refractivity contribution in [3.8, 4) is 5.95 Å². The first-order valence-corrected chi connectivity index (χ1v) is 9.09. The molecule has 1 amide bonds. The van der Waals surface area contributed by atoms with E-state index >= 15 is 0 Å². The zero-order valence-corrected chi connectivity index (χ0v) is 15.8. The van der Waals surface area contributed by atoms with E-state index in [2.05, 4.69) is 15.3 Å². The summed E-state index contributed by atoms with van der Waals surface area (Å²) in [6.45, 7) is 4.38. The van der Waals surface area contributed by atoms with Gasteiger partial charge in [0.25, 0.3) is 5.95 Å². The molecular formula is C17H21N7OS. The minimum Gasteiger partial charge on any atom is -0.341 e. The zero-order valence-electron chi connectivity index (χ0n) is 15.0. The molecule has 8 nitrogen and oxygen atoms in total. The predicted molar refractivity (Wildman–Crippen MR) is 100 cm³/mol. The lowest BCUT2D eigenvalue weighted by molar-refractivity contribution is -0.127. The quantitative estimate of drug-likeness (QED) is 0.522. The van der Waals surface area contributed by atoms with Gasteiger partial charge in [0.15, 0.2) is 0 Å². The van der Waals surface area contributed by atoms with Crippen LogP contribution in [0.2, 0.25) is 0 Å². The average molecular weight is 371 g/mol. The van der Waals surface area contributed by atoms with Crippen LogP contribution in [0.5, 0.6) is 0 Å². The number of aryl methyl sites for hydroxylation is 2. The smallest absolute Gasteiger partial charge is 0.271 e. The maximum Gasteiger partial charge on any atom is 0.271 e. The van der Waals surface area contributed by atoms with Gasteiger partial charge in [0.1, 0.15) is 0 Å². The summed E-state index contributed by atoms with van der Waals surface area (Å²) >= 11 is 1.25. The summed E-state index contributed by atoms with van der Waals surface area (Å²) in [4.78, 5) is 14.0. The molecule has 3 rings (SSSR count). The van der Waals surface area contributed by atoms with Crippen molar-refractivity contribution in [2.24, 2.45) is 0 Å². The van der Waals surface area contributed by atoms with Gasteiger partial charge in [0.2, 0.25) is 11.1 Å². The van der Waals surface area contributed by atoms with E-state index in [9.17, 15) is 4.79 Å². The van der Waals surface area contributed by atoms with E-state index in [-0.39, 0.29) is 11.7 Å². The van der Waals surface area contributed by atoms with Crippen LogP contribution in [0.1, 0.15) is 17.0 Å². The number of aromatic nitrogens is 5. The minimum atomic E-state index is -0.00508. The Morgan fingerprint density at radius 3 is 2.62 bits per heavy atom. The molecule has 26 heavy (non-hydrogen) atoms. The van der Waals surface area contributed by atoms with Gasteiger partial charge in [-0.2, -0.15) is 5.10 Å². The highest BCUT2D eigenvalue weighted by atomic mass is 32.2. The molecule has 0 saturated heterocycles. The van der Waals surface area contributed by atoms with Gasteiger partial charge in [-0.1, -0.05) is 42.1 Å². The van der Waals surface area contributed by atoms with Gasteiger partial charge in [-0.15, -0.1) is 10.2 Å². The van der Waals surface area contributed by atoms with Gasteiger partial charge in [-0.3, -0.25) is 4.79 Å². The van der Waals surface area contributed by atoms with Crippen LogP contribution >= 0.6 is 11.8 Å². The first-order valence-electron chi connectivity index (χ1n) is 8.10. The molecule has 9 heteroatoms. The third-order valence-electron chi connectivity index (χ3n) is 3.86. The van der Waals surface area contributed by atoms with Gasteiger partial charge in [0.05, 0.1) is 11.4 Å². The highest BCUT2D eigenvalue weighted by Crippen LogP contribution is 2.18. The molecule has 136 valence electrons. The fourth-order valence-electron chi connectivity index (χ4n) is 2.53. The van der Waals surface area contributed by atoms with Gasteiger partial charge in [-0.05, 0) is 25.5 Å². The molecule has 1 aromatic carbocycles. The van der Waals surface area contributed by atoms with Crippen LogP contribution < -0.4 is 5.84 Å². The summed E-state index contributed by atoms with van der Waals surface area (Å²) in [6, 6.07) is 11.8. The fraction of sp³-hybridized carbons (Fsp3) is 0.294. The summed E-state index contributed by atoms with van der Waals surface area (Å²) < 4.78 is 2.99. The van der Waals surface area contributed by atoms with Gasteiger partial charge >= 0.3 is 0 Å². The number of benzene rings is 1. The van der Waals surface area contributed by atoms with Crippen LogP contribution in [0.4, 0.5) is 0 Å².